The van der Waals surface area contributed by atoms with Gasteiger partial charge in [0.15, 0.2) is 0 Å². The first-order chi connectivity index (χ1) is 21.7. The van der Waals surface area contributed by atoms with Gasteiger partial charge in [0.2, 0.25) is 6.71 Å². The highest BCUT2D eigenvalue weighted by atomic mass is 14.5. The van der Waals surface area contributed by atoms with Crippen molar-refractivity contribution in [2.45, 2.75) is 18.8 Å². The zero-order valence-corrected chi connectivity index (χ0v) is 25.0. The van der Waals surface area contributed by atoms with Gasteiger partial charge in [-0.2, -0.15) is 0 Å². The fourth-order valence-corrected chi connectivity index (χ4v) is 7.93. The molecule has 0 N–H and O–H groups in total. The summed E-state index contributed by atoms with van der Waals surface area (Å²) in [6, 6.07) is 54.1. The fourth-order valence-electron chi connectivity index (χ4n) is 7.93. The van der Waals surface area contributed by atoms with Gasteiger partial charge in [0.05, 0.1) is 5.41 Å². The van der Waals surface area contributed by atoms with Crippen molar-refractivity contribution in [1.82, 2.24) is 0 Å². The maximum Gasteiger partial charge on any atom is 0.240 e. The maximum atomic E-state index is 4.24. The van der Waals surface area contributed by atoms with Crippen LogP contribution in [0.2, 0.25) is 0 Å². The highest BCUT2D eigenvalue weighted by molar-refractivity contribution is 6.91. The molecule has 2 aliphatic rings. The van der Waals surface area contributed by atoms with Crippen LogP contribution < -0.4 is 10.9 Å². The quantitative estimate of drug-likeness (QED) is 0.146. The second-order valence-corrected chi connectivity index (χ2v) is 12.0. The first kappa shape index (κ1) is 26.5. The van der Waals surface area contributed by atoms with Crippen molar-refractivity contribution < 1.29 is 0 Å². The van der Waals surface area contributed by atoms with Crippen molar-refractivity contribution in [2.24, 2.45) is 0 Å². The number of hydrogen-bond donors (Lipinski definition) is 0. The van der Waals surface area contributed by atoms with E-state index in [1.165, 1.54) is 72.0 Å². The van der Waals surface area contributed by atoms with Crippen molar-refractivity contribution in [3.8, 4) is 33.4 Å². The van der Waals surface area contributed by atoms with Crippen LogP contribution in [0.15, 0.2) is 170 Å². The van der Waals surface area contributed by atoms with Crippen LogP contribution in [0.4, 0.5) is 0 Å². The summed E-state index contributed by atoms with van der Waals surface area (Å²) in [5, 5.41) is 0. The third kappa shape index (κ3) is 3.93. The topological polar surface area (TPSA) is 0 Å². The number of rotatable bonds is 5. The van der Waals surface area contributed by atoms with Crippen molar-refractivity contribution >= 4 is 17.6 Å². The van der Waals surface area contributed by atoms with Gasteiger partial charge < -0.3 is 0 Å². The van der Waals surface area contributed by atoms with Crippen LogP contribution in [0.5, 0.6) is 0 Å². The van der Waals surface area contributed by atoms with Crippen LogP contribution in [-0.2, 0) is 11.8 Å². The largest absolute Gasteiger partial charge is 0.240 e. The highest BCUT2D eigenvalue weighted by Gasteiger charge is 2.48. The van der Waals surface area contributed by atoms with E-state index >= 15 is 0 Å². The second-order valence-electron chi connectivity index (χ2n) is 12.0. The minimum absolute atomic E-state index is 0.0829. The van der Waals surface area contributed by atoms with Crippen LogP contribution in [0.25, 0.3) is 33.4 Å². The molecule has 1 atom stereocenters. The smallest absolute Gasteiger partial charge is 0.0996 e. The van der Waals surface area contributed by atoms with Gasteiger partial charge in [0.25, 0.3) is 0 Å². The van der Waals surface area contributed by atoms with E-state index in [4.69, 9.17) is 0 Å². The lowest BCUT2D eigenvalue weighted by atomic mass is 9.36. The molecule has 0 aliphatic heterocycles. The summed E-state index contributed by atoms with van der Waals surface area (Å²) in [5.74, 6) is 0. The molecule has 0 amide bonds. The molecule has 0 saturated carbocycles. The number of benzene rings is 6. The summed E-state index contributed by atoms with van der Waals surface area (Å²) in [4.78, 5) is 0. The van der Waals surface area contributed by atoms with Crippen LogP contribution in [0.1, 0.15) is 29.2 Å². The van der Waals surface area contributed by atoms with E-state index in [9.17, 15) is 0 Å². The molecular weight excluding hydrogens is 527 g/mol. The highest BCUT2D eigenvalue weighted by Crippen LogP contribution is 2.58. The first-order valence-corrected chi connectivity index (χ1v) is 15.6. The van der Waals surface area contributed by atoms with Crippen molar-refractivity contribution in [3.05, 3.63) is 192 Å². The Hall–Kier alpha value is -5.14. The normalized spacial score (nSPS) is 16.1. The van der Waals surface area contributed by atoms with E-state index < -0.39 is 0 Å². The minimum atomic E-state index is -0.251. The maximum absolute atomic E-state index is 4.24. The van der Waals surface area contributed by atoms with Gasteiger partial charge in [-0.25, -0.2) is 0 Å². The Balaban J connectivity index is 1.34. The monoisotopic (exact) mass is 560 g/mol. The first-order valence-electron chi connectivity index (χ1n) is 15.6. The van der Waals surface area contributed by atoms with Crippen molar-refractivity contribution in [2.75, 3.05) is 0 Å². The Morgan fingerprint density at radius 1 is 0.568 bits per heavy atom. The van der Waals surface area contributed by atoms with Gasteiger partial charge in [-0.05, 0) is 69.0 Å². The van der Waals surface area contributed by atoms with Gasteiger partial charge in [-0.1, -0.05) is 181 Å². The third-order valence-corrected chi connectivity index (χ3v) is 9.92. The molecule has 2 aliphatic carbocycles. The van der Waals surface area contributed by atoms with Crippen LogP contribution >= 0.6 is 0 Å². The molecule has 0 aromatic heterocycles. The Morgan fingerprint density at radius 2 is 1.11 bits per heavy atom. The van der Waals surface area contributed by atoms with Gasteiger partial charge in [-0.15, -0.1) is 0 Å². The van der Waals surface area contributed by atoms with Gasteiger partial charge in [-0.3, -0.25) is 0 Å². The zero-order chi connectivity index (χ0) is 29.7. The van der Waals surface area contributed by atoms with E-state index in [0.717, 1.165) is 6.42 Å². The summed E-state index contributed by atoms with van der Waals surface area (Å²) >= 11 is 0. The molecule has 6 aromatic carbocycles. The molecule has 0 saturated heterocycles. The summed E-state index contributed by atoms with van der Waals surface area (Å²) in [7, 11) is 0. The zero-order valence-electron chi connectivity index (χ0n) is 25.0. The average Bonchev–Trinajstić information content (AvgIpc) is 3.37. The second kappa shape index (κ2) is 10.5. The molecule has 1 spiro atoms. The summed E-state index contributed by atoms with van der Waals surface area (Å²) in [6.07, 6.45) is 5.19. The number of hydrogen-bond acceptors (Lipinski definition) is 0. The average molecular weight is 561 g/mol. The third-order valence-electron chi connectivity index (χ3n) is 9.92. The molecule has 0 heterocycles. The van der Waals surface area contributed by atoms with Crippen LogP contribution in [-0.4, -0.2) is 6.71 Å². The summed E-state index contributed by atoms with van der Waals surface area (Å²) < 4.78 is 0. The summed E-state index contributed by atoms with van der Waals surface area (Å²) in [6.45, 7) is 6.45. The van der Waals surface area contributed by atoms with Crippen LogP contribution in [0, 0.1) is 0 Å². The molecule has 0 bridgehead atoms. The van der Waals surface area contributed by atoms with Crippen molar-refractivity contribution in [1.29, 1.82) is 0 Å². The Labute approximate surface area is 261 Å². The fraction of sp³-hybridized carbons (Fsp3) is 0.0698. The molecule has 0 nitrogen and oxygen atoms in total. The number of fused-ring (bicyclic) bond motifs is 9. The molecule has 6 aromatic rings. The molecule has 8 rings (SSSR count). The molecule has 0 radical (unpaired) electrons. The Kier molecular flexibility index (Phi) is 6.35. The molecule has 208 valence electrons. The minimum Gasteiger partial charge on any atom is -0.0996 e. The molecule has 1 unspecified atom stereocenters. The number of allylic oxidation sites excluding steroid dienone is 3. The van der Waals surface area contributed by atoms with E-state index in [-0.39, 0.29) is 12.1 Å². The van der Waals surface area contributed by atoms with Gasteiger partial charge in [0, 0.05) is 0 Å². The predicted octanol–water partition coefficient (Wildman–Crippen LogP) is 9.17. The van der Waals surface area contributed by atoms with Crippen LogP contribution in [0.3, 0.4) is 0 Å². The molecule has 0 fully saturated rings. The molecular formula is C43H33B. The Bertz CT molecular complexity index is 2070. The standard InChI is InChI=1S/C43H33B/c1-3-33(4-2)44(34-24-22-31(23-25-34)30-14-6-5-7-15-30)35-26-27-39-38-19-11-13-21-41(38)43(42(39)28-35)29-32-16-8-9-17-36(32)37-18-10-12-20-40(37)43/h3-28H,1,29H2,2H3/b33-4+. The molecule has 44 heavy (non-hydrogen) atoms. The predicted molar refractivity (Wildman–Crippen MR) is 188 cm³/mol. The lowest BCUT2D eigenvalue weighted by Crippen LogP contribution is -2.44. The lowest BCUT2D eigenvalue weighted by Gasteiger charge is -2.39. The summed E-state index contributed by atoms with van der Waals surface area (Å²) in [5.41, 5.74) is 17.0. The lowest BCUT2D eigenvalue weighted by molar-refractivity contribution is 0.623. The SMILES string of the molecule is C=C/C(=C\C)B(c1ccc(-c2ccccc2)cc1)c1ccc2c(c1)C1(Cc3ccccc3-c3ccccc31)c1ccccc1-2. The van der Waals surface area contributed by atoms with Crippen molar-refractivity contribution in [3.63, 3.8) is 0 Å². The molecule has 1 heteroatoms. The van der Waals surface area contributed by atoms with E-state index in [2.05, 4.69) is 165 Å². The van der Waals surface area contributed by atoms with Gasteiger partial charge in [0.1, 0.15) is 0 Å². The van der Waals surface area contributed by atoms with E-state index in [1.54, 1.807) is 0 Å². The van der Waals surface area contributed by atoms with E-state index in [1.807, 2.05) is 6.08 Å². The van der Waals surface area contributed by atoms with Gasteiger partial charge >= 0.3 is 0 Å². The Morgan fingerprint density at radius 3 is 1.80 bits per heavy atom. The van der Waals surface area contributed by atoms with E-state index in [0.29, 0.717) is 0 Å².